The maximum Gasteiger partial charge on any atom is 0.248 e. The lowest BCUT2D eigenvalue weighted by Gasteiger charge is -2.36. The molecule has 142 valence electrons. The molecule has 2 amide bonds. The number of carbonyl (C=O) groups excluding carboxylic acids is 2. The quantitative estimate of drug-likeness (QED) is 0.871. The fourth-order valence-electron chi connectivity index (χ4n) is 4.26. The zero-order valence-corrected chi connectivity index (χ0v) is 15.8. The number of nitrogens with one attached hydrogen (secondary N) is 2. The van der Waals surface area contributed by atoms with Crippen molar-refractivity contribution in [2.24, 2.45) is 0 Å². The highest BCUT2D eigenvalue weighted by Crippen LogP contribution is 2.33. The van der Waals surface area contributed by atoms with Crippen LogP contribution in [0.25, 0.3) is 0 Å². The van der Waals surface area contributed by atoms with Crippen LogP contribution < -0.4 is 5.32 Å². The van der Waals surface area contributed by atoms with Gasteiger partial charge in [0.15, 0.2) is 0 Å². The lowest BCUT2D eigenvalue weighted by atomic mass is 9.93. The minimum Gasteiger partial charge on any atom is -0.347 e. The molecule has 0 saturated heterocycles. The summed E-state index contributed by atoms with van der Waals surface area (Å²) in [6.07, 6.45) is 6.14. The van der Waals surface area contributed by atoms with E-state index in [1.54, 1.807) is 6.33 Å². The number of amides is 2. The molecule has 27 heavy (non-hydrogen) atoms. The number of aryl methyl sites for hydroxylation is 1. The first kappa shape index (κ1) is 17.8. The molecule has 2 aliphatic rings. The predicted molar refractivity (Wildman–Crippen MR) is 102 cm³/mol. The van der Waals surface area contributed by atoms with Crippen molar-refractivity contribution in [3.8, 4) is 0 Å². The number of carbonyl (C=O) groups is 2. The van der Waals surface area contributed by atoms with Crippen LogP contribution in [-0.4, -0.2) is 38.8 Å². The summed E-state index contributed by atoms with van der Waals surface area (Å²) in [5.74, 6) is -0.0224. The third kappa shape index (κ3) is 3.61. The molecule has 2 aromatic rings. The third-order valence-corrected chi connectivity index (χ3v) is 5.79. The number of hydrogen-bond acceptors (Lipinski definition) is 3. The molecule has 1 aliphatic heterocycles. The van der Waals surface area contributed by atoms with Crippen LogP contribution >= 0.6 is 0 Å². The van der Waals surface area contributed by atoms with Gasteiger partial charge in [-0.15, -0.1) is 0 Å². The van der Waals surface area contributed by atoms with Gasteiger partial charge in [-0.2, -0.15) is 0 Å². The number of fused-ring (bicyclic) bond motifs is 1. The maximum atomic E-state index is 13.4. The van der Waals surface area contributed by atoms with E-state index in [1.165, 1.54) is 5.56 Å². The smallest absolute Gasteiger partial charge is 0.248 e. The van der Waals surface area contributed by atoms with E-state index in [0.717, 1.165) is 49.1 Å². The Morgan fingerprint density at radius 3 is 2.70 bits per heavy atom. The van der Waals surface area contributed by atoms with Gasteiger partial charge < -0.3 is 15.2 Å². The fraction of sp³-hybridized carbons (Fsp3) is 0.476. The van der Waals surface area contributed by atoms with Crippen LogP contribution in [0.2, 0.25) is 0 Å². The van der Waals surface area contributed by atoms with Crippen LogP contribution in [0, 0.1) is 6.92 Å². The summed E-state index contributed by atoms with van der Waals surface area (Å²) in [7, 11) is 0. The largest absolute Gasteiger partial charge is 0.347 e. The summed E-state index contributed by atoms with van der Waals surface area (Å²) < 4.78 is 0. The third-order valence-electron chi connectivity index (χ3n) is 5.79. The van der Waals surface area contributed by atoms with Gasteiger partial charge in [-0.05, 0) is 25.3 Å². The summed E-state index contributed by atoms with van der Waals surface area (Å²) in [5, 5.41) is 3.11. The predicted octanol–water partition coefficient (Wildman–Crippen LogP) is 2.27. The zero-order valence-electron chi connectivity index (χ0n) is 15.8. The number of H-pyrrole nitrogens is 1. The highest BCUT2D eigenvalue weighted by Gasteiger charge is 2.45. The maximum absolute atomic E-state index is 13.4. The second-order valence-electron chi connectivity index (χ2n) is 7.80. The summed E-state index contributed by atoms with van der Waals surface area (Å²) in [5.41, 5.74) is 3.44. The Labute approximate surface area is 159 Å². The molecule has 0 spiro atoms. The van der Waals surface area contributed by atoms with Crippen molar-refractivity contribution in [1.82, 2.24) is 20.2 Å². The van der Waals surface area contributed by atoms with Gasteiger partial charge in [0.2, 0.25) is 11.8 Å². The molecule has 1 fully saturated rings. The topological polar surface area (TPSA) is 78.1 Å². The molecule has 6 heteroatoms. The molecule has 1 aliphatic carbocycles. The first-order valence-corrected chi connectivity index (χ1v) is 9.73. The fourth-order valence-corrected chi connectivity index (χ4v) is 4.26. The van der Waals surface area contributed by atoms with Crippen LogP contribution in [0.15, 0.2) is 30.6 Å². The number of aromatic nitrogens is 2. The van der Waals surface area contributed by atoms with E-state index in [-0.39, 0.29) is 11.8 Å². The van der Waals surface area contributed by atoms with Crippen LogP contribution in [0.3, 0.4) is 0 Å². The van der Waals surface area contributed by atoms with Crippen molar-refractivity contribution in [3.05, 3.63) is 53.1 Å². The standard InChI is InChI=1S/C21H26N4O2/c1-15-4-6-16(7-5-15)12-19(26)24-21(9-2-3-10-21)20(27)25-11-8-17-18(13-25)23-14-22-17/h4-7,14H,2-3,8-13H2,1H3,(H,22,23)(H,24,26). The SMILES string of the molecule is Cc1ccc(CC(=O)NC2(C(=O)N3CCc4nc[nH]c4C3)CCCC2)cc1. The number of nitrogens with zero attached hydrogens (tertiary/aromatic N) is 2. The first-order chi connectivity index (χ1) is 13.1. The van der Waals surface area contributed by atoms with Crippen molar-refractivity contribution in [2.45, 2.75) is 57.5 Å². The number of hydrogen-bond donors (Lipinski definition) is 2. The lowest BCUT2D eigenvalue weighted by Crippen LogP contribution is -2.59. The number of imidazole rings is 1. The summed E-state index contributed by atoms with van der Waals surface area (Å²) in [4.78, 5) is 35.4. The molecule has 2 N–H and O–H groups in total. The first-order valence-electron chi connectivity index (χ1n) is 9.73. The van der Waals surface area contributed by atoms with Gasteiger partial charge in [0.1, 0.15) is 5.54 Å². The summed E-state index contributed by atoms with van der Waals surface area (Å²) in [6.45, 7) is 3.23. The normalized spacial score (nSPS) is 18.2. The second-order valence-corrected chi connectivity index (χ2v) is 7.80. The van der Waals surface area contributed by atoms with Crippen LogP contribution in [-0.2, 0) is 29.0 Å². The number of aromatic amines is 1. The molecule has 1 saturated carbocycles. The van der Waals surface area contributed by atoms with Gasteiger partial charge in [-0.3, -0.25) is 9.59 Å². The van der Waals surface area contributed by atoms with Crippen molar-refractivity contribution in [1.29, 1.82) is 0 Å². The van der Waals surface area contributed by atoms with Crippen LogP contribution in [0.4, 0.5) is 0 Å². The van der Waals surface area contributed by atoms with Gasteiger partial charge in [0.05, 0.1) is 30.7 Å². The van der Waals surface area contributed by atoms with E-state index < -0.39 is 5.54 Å². The zero-order chi connectivity index (χ0) is 18.9. The van der Waals surface area contributed by atoms with E-state index >= 15 is 0 Å². The Morgan fingerprint density at radius 1 is 1.22 bits per heavy atom. The molecular formula is C21H26N4O2. The number of rotatable bonds is 4. The van der Waals surface area contributed by atoms with E-state index in [4.69, 9.17) is 0 Å². The monoisotopic (exact) mass is 366 g/mol. The van der Waals surface area contributed by atoms with E-state index in [0.29, 0.717) is 19.5 Å². The number of benzene rings is 1. The average molecular weight is 366 g/mol. The highest BCUT2D eigenvalue weighted by atomic mass is 16.2. The van der Waals surface area contributed by atoms with E-state index in [1.807, 2.05) is 36.1 Å². The Kier molecular flexibility index (Phi) is 4.72. The molecule has 2 heterocycles. The molecule has 0 radical (unpaired) electrons. The molecule has 0 bridgehead atoms. The van der Waals surface area contributed by atoms with Crippen LogP contribution in [0.5, 0.6) is 0 Å². The Hall–Kier alpha value is -2.63. The van der Waals surface area contributed by atoms with E-state index in [9.17, 15) is 9.59 Å². The molecular weight excluding hydrogens is 340 g/mol. The second kappa shape index (κ2) is 7.18. The van der Waals surface area contributed by atoms with Crippen LogP contribution in [0.1, 0.15) is 48.2 Å². The van der Waals surface area contributed by atoms with Gasteiger partial charge >= 0.3 is 0 Å². The Balaban J connectivity index is 1.46. The van der Waals surface area contributed by atoms with Gasteiger partial charge in [-0.25, -0.2) is 4.98 Å². The summed E-state index contributed by atoms with van der Waals surface area (Å²) >= 11 is 0. The molecule has 0 atom stereocenters. The molecule has 1 aromatic carbocycles. The Morgan fingerprint density at radius 2 is 1.96 bits per heavy atom. The van der Waals surface area contributed by atoms with Crippen molar-refractivity contribution in [2.75, 3.05) is 6.54 Å². The van der Waals surface area contributed by atoms with E-state index in [2.05, 4.69) is 15.3 Å². The highest BCUT2D eigenvalue weighted by molar-refractivity contribution is 5.92. The summed E-state index contributed by atoms with van der Waals surface area (Å²) in [6, 6.07) is 7.97. The van der Waals surface area contributed by atoms with Gasteiger partial charge in [-0.1, -0.05) is 42.7 Å². The minimum atomic E-state index is -0.751. The van der Waals surface area contributed by atoms with Crippen molar-refractivity contribution >= 4 is 11.8 Å². The lowest BCUT2D eigenvalue weighted by molar-refractivity contribution is -0.142. The van der Waals surface area contributed by atoms with Crippen molar-refractivity contribution < 1.29 is 9.59 Å². The molecule has 1 aromatic heterocycles. The average Bonchev–Trinajstić information content (AvgIpc) is 3.32. The molecule has 0 unspecified atom stereocenters. The minimum absolute atomic E-state index is 0.0532. The van der Waals surface area contributed by atoms with Crippen molar-refractivity contribution in [3.63, 3.8) is 0 Å². The van der Waals surface area contributed by atoms with Gasteiger partial charge in [0.25, 0.3) is 0 Å². The van der Waals surface area contributed by atoms with Gasteiger partial charge in [0, 0.05) is 13.0 Å². The molecule has 6 nitrogen and oxygen atoms in total. The Bertz CT molecular complexity index is 834. The molecule has 4 rings (SSSR count).